The molecule has 1 aromatic carbocycles. The maximum absolute atomic E-state index is 11.6. The molecule has 0 spiro atoms. The summed E-state index contributed by atoms with van der Waals surface area (Å²) in [7, 11) is 0. The van der Waals surface area contributed by atoms with E-state index in [2.05, 4.69) is 0 Å². The minimum absolute atomic E-state index is 0.142. The topological polar surface area (TPSA) is 23.1 Å². The van der Waals surface area contributed by atoms with Gasteiger partial charge in [-0.25, -0.2) is 0 Å². The van der Waals surface area contributed by atoms with Gasteiger partial charge in [0.15, 0.2) is 0 Å². The summed E-state index contributed by atoms with van der Waals surface area (Å²) in [6.07, 6.45) is 0. The van der Waals surface area contributed by atoms with Gasteiger partial charge in [-0.2, -0.15) is 0 Å². The molecule has 0 fully saturated rings. The first-order valence-corrected chi connectivity index (χ1v) is 4.44. The van der Waals surface area contributed by atoms with Crippen molar-refractivity contribution in [3.8, 4) is 0 Å². The van der Waals surface area contributed by atoms with Crippen LogP contribution in [0.15, 0.2) is 23.8 Å². The van der Waals surface area contributed by atoms with E-state index in [1.165, 1.54) is 11.1 Å². The first-order chi connectivity index (χ1) is 6.02. The van der Waals surface area contributed by atoms with Crippen molar-refractivity contribution < 1.29 is 5.11 Å². The highest BCUT2D eigenvalue weighted by Crippen LogP contribution is 2.16. The molecule has 0 N–H and O–H groups in total. The van der Waals surface area contributed by atoms with Crippen LogP contribution in [0.1, 0.15) is 30.5 Å². The number of allylic oxidation sites excluding steroid dienone is 1. The van der Waals surface area contributed by atoms with Crippen molar-refractivity contribution in [1.82, 2.24) is 0 Å². The van der Waals surface area contributed by atoms with Crippen LogP contribution in [0.5, 0.6) is 0 Å². The third-order valence-corrected chi connectivity index (χ3v) is 2.22. The molecule has 0 aliphatic heterocycles. The highest BCUT2D eigenvalue weighted by molar-refractivity contribution is 5.60. The van der Waals surface area contributed by atoms with Crippen molar-refractivity contribution in [2.45, 2.75) is 27.7 Å². The molecular formula is C12H15O-. The van der Waals surface area contributed by atoms with Crippen LogP contribution in [0.4, 0.5) is 0 Å². The standard InChI is InChI=1S/C12H16O/c1-8(2)12(13)11-6-5-9(3)10(4)7-11/h5-7,13H,1-4H3/p-1. The zero-order chi connectivity index (χ0) is 10.0. The van der Waals surface area contributed by atoms with Crippen LogP contribution in [0.2, 0.25) is 0 Å². The maximum Gasteiger partial charge on any atom is -0.0333 e. The number of hydrogen-bond donors (Lipinski definition) is 0. The molecular weight excluding hydrogens is 160 g/mol. The Morgan fingerprint density at radius 3 is 2.15 bits per heavy atom. The largest absolute Gasteiger partial charge is 0.872 e. The number of rotatable bonds is 1. The molecule has 0 saturated carbocycles. The summed E-state index contributed by atoms with van der Waals surface area (Å²) in [6.45, 7) is 7.76. The van der Waals surface area contributed by atoms with E-state index in [4.69, 9.17) is 0 Å². The first kappa shape index (κ1) is 9.85. The highest BCUT2D eigenvalue weighted by atomic mass is 16.3. The van der Waals surface area contributed by atoms with E-state index >= 15 is 0 Å². The predicted molar refractivity (Wildman–Crippen MR) is 54.2 cm³/mol. The molecule has 0 saturated heterocycles. The summed E-state index contributed by atoms with van der Waals surface area (Å²) in [5.74, 6) is 0.142. The van der Waals surface area contributed by atoms with Gasteiger partial charge in [0.05, 0.1) is 0 Å². The van der Waals surface area contributed by atoms with Crippen molar-refractivity contribution in [1.29, 1.82) is 0 Å². The van der Waals surface area contributed by atoms with Crippen molar-refractivity contribution in [3.63, 3.8) is 0 Å². The van der Waals surface area contributed by atoms with Gasteiger partial charge in [0.25, 0.3) is 0 Å². The van der Waals surface area contributed by atoms with E-state index in [0.29, 0.717) is 0 Å². The Bertz CT molecular complexity index is 344. The molecule has 1 nitrogen and oxygen atoms in total. The zero-order valence-corrected chi connectivity index (χ0v) is 8.64. The van der Waals surface area contributed by atoms with Gasteiger partial charge in [0, 0.05) is 0 Å². The minimum atomic E-state index is 0.142. The summed E-state index contributed by atoms with van der Waals surface area (Å²) < 4.78 is 0. The lowest BCUT2D eigenvalue weighted by molar-refractivity contribution is -0.245. The summed E-state index contributed by atoms with van der Waals surface area (Å²) in [4.78, 5) is 0. The molecule has 0 atom stereocenters. The normalized spacial score (nSPS) is 9.85. The van der Waals surface area contributed by atoms with Gasteiger partial charge in [-0.3, -0.25) is 0 Å². The van der Waals surface area contributed by atoms with Gasteiger partial charge in [0.2, 0.25) is 0 Å². The van der Waals surface area contributed by atoms with Gasteiger partial charge in [0.1, 0.15) is 0 Å². The number of aryl methyl sites for hydroxylation is 2. The Kier molecular flexibility index (Phi) is 2.76. The van der Waals surface area contributed by atoms with Crippen LogP contribution in [0, 0.1) is 13.8 Å². The average molecular weight is 175 g/mol. The second-order valence-corrected chi connectivity index (χ2v) is 3.63. The van der Waals surface area contributed by atoms with Crippen LogP contribution in [-0.4, -0.2) is 0 Å². The predicted octanol–water partition coefficient (Wildman–Crippen LogP) is 2.41. The quantitative estimate of drug-likeness (QED) is 0.601. The van der Waals surface area contributed by atoms with E-state index < -0.39 is 0 Å². The van der Waals surface area contributed by atoms with Gasteiger partial charge in [-0.05, 0) is 44.4 Å². The van der Waals surface area contributed by atoms with E-state index in [-0.39, 0.29) is 5.76 Å². The third kappa shape index (κ3) is 2.11. The van der Waals surface area contributed by atoms with E-state index in [1.54, 1.807) is 0 Å². The molecule has 0 aromatic heterocycles. The lowest BCUT2D eigenvalue weighted by Gasteiger charge is -2.16. The van der Waals surface area contributed by atoms with Gasteiger partial charge >= 0.3 is 0 Å². The second kappa shape index (κ2) is 3.65. The third-order valence-electron chi connectivity index (χ3n) is 2.22. The molecule has 13 heavy (non-hydrogen) atoms. The molecule has 0 radical (unpaired) electrons. The van der Waals surface area contributed by atoms with Crippen molar-refractivity contribution in [2.24, 2.45) is 0 Å². The molecule has 1 rings (SSSR count). The molecule has 70 valence electrons. The van der Waals surface area contributed by atoms with Crippen LogP contribution in [-0.2, 0) is 0 Å². The van der Waals surface area contributed by atoms with Gasteiger partial charge in [-0.15, -0.1) is 5.76 Å². The lowest BCUT2D eigenvalue weighted by atomic mass is 10.0. The highest BCUT2D eigenvalue weighted by Gasteiger charge is 1.95. The molecule has 0 aliphatic carbocycles. The Balaban J connectivity index is 3.19. The fraction of sp³-hybridized carbons (Fsp3) is 0.333. The average Bonchev–Trinajstić information content (AvgIpc) is 2.08. The first-order valence-electron chi connectivity index (χ1n) is 4.44. The summed E-state index contributed by atoms with van der Waals surface area (Å²) in [5, 5.41) is 11.6. The molecule has 0 aliphatic rings. The number of benzene rings is 1. The lowest BCUT2D eigenvalue weighted by Crippen LogP contribution is -2.04. The zero-order valence-electron chi connectivity index (χ0n) is 8.64. The summed E-state index contributed by atoms with van der Waals surface area (Å²) >= 11 is 0. The summed E-state index contributed by atoms with van der Waals surface area (Å²) in [5.41, 5.74) is 4.03. The molecule has 0 bridgehead atoms. The van der Waals surface area contributed by atoms with E-state index in [1.807, 2.05) is 45.9 Å². The monoisotopic (exact) mass is 175 g/mol. The maximum atomic E-state index is 11.6. The number of hydrogen-bond acceptors (Lipinski definition) is 1. The van der Waals surface area contributed by atoms with Crippen molar-refractivity contribution in [3.05, 3.63) is 40.5 Å². The minimum Gasteiger partial charge on any atom is -0.872 e. The molecule has 1 heteroatoms. The second-order valence-electron chi connectivity index (χ2n) is 3.63. The van der Waals surface area contributed by atoms with Crippen LogP contribution >= 0.6 is 0 Å². The fourth-order valence-electron chi connectivity index (χ4n) is 1.17. The Morgan fingerprint density at radius 1 is 1.08 bits per heavy atom. The van der Waals surface area contributed by atoms with Crippen molar-refractivity contribution >= 4 is 5.76 Å². The smallest absolute Gasteiger partial charge is 0.0333 e. The molecule has 0 amide bonds. The van der Waals surface area contributed by atoms with Gasteiger partial charge in [-0.1, -0.05) is 23.8 Å². The molecule has 1 aromatic rings. The molecule has 0 heterocycles. The fourth-order valence-corrected chi connectivity index (χ4v) is 1.17. The Labute approximate surface area is 79.7 Å². The van der Waals surface area contributed by atoms with Crippen molar-refractivity contribution in [2.75, 3.05) is 0 Å². The van der Waals surface area contributed by atoms with Crippen LogP contribution in [0.3, 0.4) is 0 Å². The SMILES string of the molecule is CC(C)=C([O-])c1ccc(C)c(C)c1. The van der Waals surface area contributed by atoms with Crippen LogP contribution in [0.25, 0.3) is 5.76 Å². The Morgan fingerprint density at radius 2 is 1.69 bits per heavy atom. The molecule has 0 unspecified atom stereocenters. The Hall–Kier alpha value is -1.24. The van der Waals surface area contributed by atoms with E-state index in [9.17, 15) is 5.11 Å². The van der Waals surface area contributed by atoms with Gasteiger partial charge < -0.3 is 5.11 Å². The van der Waals surface area contributed by atoms with E-state index in [0.717, 1.165) is 11.1 Å². The van der Waals surface area contributed by atoms with Crippen LogP contribution < -0.4 is 5.11 Å². The summed E-state index contributed by atoms with van der Waals surface area (Å²) in [6, 6.07) is 5.83.